The molecule has 0 spiro atoms. The molecular weight excluding hydrogens is 264 g/mol. The Kier molecular flexibility index (Phi) is 3.90. The fourth-order valence-corrected chi connectivity index (χ4v) is 2.68. The van der Waals surface area contributed by atoms with E-state index < -0.39 is 0 Å². The number of rotatable bonds is 3. The molecule has 1 aliphatic heterocycles. The molecule has 1 aliphatic rings. The number of benzene rings is 1. The quantitative estimate of drug-likeness (QED) is 0.911. The average Bonchev–Trinajstić information content (AvgIpc) is 3.03. The molecule has 0 radical (unpaired) electrons. The summed E-state index contributed by atoms with van der Waals surface area (Å²) in [6.45, 7) is 4.37. The van der Waals surface area contributed by atoms with Crippen molar-refractivity contribution >= 4 is 17.3 Å². The van der Waals surface area contributed by atoms with Gasteiger partial charge >= 0.3 is 0 Å². The molecule has 0 unspecified atom stereocenters. The Bertz CT molecular complexity index is 600. The van der Waals surface area contributed by atoms with Crippen molar-refractivity contribution in [3.8, 4) is 0 Å². The third-order valence-corrected chi connectivity index (χ3v) is 3.99. The number of nitrogens with one attached hydrogen (secondary N) is 2. The fourth-order valence-electron chi connectivity index (χ4n) is 2.68. The van der Waals surface area contributed by atoms with Crippen LogP contribution in [0.2, 0.25) is 0 Å². The first-order chi connectivity index (χ1) is 10.2. The van der Waals surface area contributed by atoms with Crippen LogP contribution in [0.5, 0.6) is 0 Å². The minimum absolute atomic E-state index is 0.210. The number of piperidine rings is 1. The van der Waals surface area contributed by atoms with Crippen molar-refractivity contribution in [2.45, 2.75) is 19.8 Å². The summed E-state index contributed by atoms with van der Waals surface area (Å²) in [6, 6.07) is 7.95. The SMILES string of the molecule is CC1CCN(c2ccccc2NC(=O)c2ncc[nH]2)CC1. The highest BCUT2D eigenvalue weighted by atomic mass is 16.2. The molecule has 0 aliphatic carbocycles. The first kappa shape index (κ1) is 13.7. The Morgan fingerprint density at radius 3 is 2.81 bits per heavy atom. The van der Waals surface area contributed by atoms with Gasteiger partial charge in [-0.15, -0.1) is 0 Å². The lowest BCUT2D eigenvalue weighted by molar-refractivity contribution is 0.101. The van der Waals surface area contributed by atoms with Gasteiger partial charge in [0, 0.05) is 25.5 Å². The summed E-state index contributed by atoms with van der Waals surface area (Å²) in [6.07, 6.45) is 5.61. The maximum absolute atomic E-state index is 12.1. The van der Waals surface area contributed by atoms with Crippen LogP contribution >= 0.6 is 0 Å². The summed E-state index contributed by atoms with van der Waals surface area (Å²) in [5.74, 6) is 0.904. The van der Waals surface area contributed by atoms with Gasteiger partial charge in [0.25, 0.3) is 5.91 Å². The van der Waals surface area contributed by atoms with Gasteiger partial charge in [-0.1, -0.05) is 19.1 Å². The molecule has 0 saturated carbocycles. The predicted molar refractivity (Wildman–Crippen MR) is 83.6 cm³/mol. The molecule has 2 aromatic rings. The lowest BCUT2D eigenvalue weighted by atomic mass is 9.98. The van der Waals surface area contributed by atoms with E-state index in [0.717, 1.165) is 30.4 Å². The molecule has 1 aromatic heterocycles. The highest BCUT2D eigenvalue weighted by Crippen LogP contribution is 2.29. The molecule has 0 atom stereocenters. The van der Waals surface area contributed by atoms with Crippen molar-refractivity contribution in [3.05, 3.63) is 42.5 Å². The van der Waals surface area contributed by atoms with Crippen LogP contribution in [0.15, 0.2) is 36.7 Å². The van der Waals surface area contributed by atoms with Crippen LogP contribution in [0, 0.1) is 5.92 Å². The third kappa shape index (κ3) is 3.07. The first-order valence-electron chi connectivity index (χ1n) is 7.39. The van der Waals surface area contributed by atoms with E-state index >= 15 is 0 Å². The molecule has 1 aromatic carbocycles. The molecule has 0 bridgehead atoms. The van der Waals surface area contributed by atoms with Crippen molar-refractivity contribution in [1.82, 2.24) is 9.97 Å². The number of imidazole rings is 1. The van der Waals surface area contributed by atoms with Gasteiger partial charge in [-0.2, -0.15) is 0 Å². The van der Waals surface area contributed by atoms with Crippen LogP contribution in [0.1, 0.15) is 30.4 Å². The fraction of sp³-hybridized carbons (Fsp3) is 0.375. The molecule has 21 heavy (non-hydrogen) atoms. The summed E-state index contributed by atoms with van der Waals surface area (Å²) in [5.41, 5.74) is 1.93. The van der Waals surface area contributed by atoms with Crippen molar-refractivity contribution in [1.29, 1.82) is 0 Å². The third-order valence-electron chi connectivity index (χ3n) is 3.99. The lowest BCUT2D eigenvalue weighted by Crippen LogP contribution is -2.33. The Morgan fingerprint density at radius 2 is 2.10 bits per heavy atom. The maximum atomic E-state index is 12.1. The number of amides is 1. The van der Waals surface area contributed by atoms with E-state index in [1.165, 1.54) is 12.8 Å². The summed E-state index contributed by atoms with van der Waals surface area (Å²) < 4.78 is 0. The van der Waals surface area contributed by atoms with Gasteiger partial charge in [0.05, 0.1) is 11.4 Å². The molecule has 1 fully saturated rings. The van der Waals surface area contributed by atoms with Crippen molar-refractivity contribution in [2.75, 3.05) is 23.3 Å². The number of H-pyrrole nitrogens is 1. The monoisotopic (exact) mass is 284 g/mol. The second kappa shape index (κ2) is 5.99. The van der Waals surface area contributed by atoms with Crippen molar-refractivity contribution in [2.24, 2.45) is 5.92 Å². The Morgan fingerprint density at radius 1 is 1.33 bits per heavy atom. The van der Waals surface area contributed by atoms with Gasteiger partial charge < -0.3 is 15.2 Å². The van der Waals surface area contributed by atoms with Crippen LogP contribution in [0.25, 0.3) is 0 Å². The van der Waals surface area contributed by atoms with Crippen LogP contribution in [0.4, 0.5) is 11.4 Å². The van der Waals surface area contributed by atoms with Gasteiger partial charge in [-0.3, -0.25) is 4.79 Å². The molecule has 1 saturated heterocycles. The molecular formula is C16H20N4O. The largest absolute Gasteiger partial charge is 0.370 e. The maximum Gasteiger partial charge on any atom is 0.291 e. The average molecular weight is 284 g/mol. The Labute approximate surface area is 124 Å². The molecule has 110 valence electrons. The normalized spacial score (nSPS) is 16.0. The van der Waals surface area contributed by atoms with Crippen molar-refractivity contribution < 1.29 is 4.79 Å². The topological polar surface area (TPSA) is 61.0 Å². The molecule has 5 heteroatoms. The number of anilines is 2. The smallest absolute Gasteiger partial charge is 0.291 e. The van der Waals surface area contributed by atoms with E-state index in [0.29, 0.717) is 5.82 Å². The summed E-state index contributed by atoms with van der Waals surface area (Å²) in [7, 11) is 0. The van der Waals surface area contributed by atoms with Gasteiger partial charge in [0.1, 0.15) is 0 Å². The van der Waals surface area contributed by atoms with Gasteiger partial charge in [0.15, 0.2) is 5.82 Å². The van der Waals surface area contributed by atoms with E-state index in [9.17, 15) is 4.79 Å². The van der Waals surface area contributed by atoms with Crippen LogP contribution in [-0.4, -0.2) is 29.0 Å². The number of carbonyl (C=O) groups excluding carboxylic acids is 1. The molecule has 1 amide bonds. The summed E-state index contributed by atoms with van der Waals surface area (Å²) in [5, 5.41) is 2.95. The van der Waals surface area contributed by atoms with E-state index in [-0.39, 0.29) is 5.91 Å². The first-order valence-corrected chi connectivity index (χ1v) is 7.39. The highest BCUT2D eigenvalue weighted by molar-refractivity contribution is 6.03. The molecule has 3 rings (SSSR count). The second-order valence-corrected chi connectivity index (χ2v) is 5.58. The minimum atomic E-state index is -0.210. The second-order valence-electron chi connectivity index (χ2n) is 5.58. The van der Waals surface area contributed by atoms with Crippen molar-refractivity contribution in [3.63, 3.8) is 0 Å². The number of carbonyl (C=O) groups is 1. The number of nitrogens with zero attached hydrogens (tertiary/aromatic N) is 2. The van der Waals surface area contributed by atoms with E-state index in [2.05, 4.69) is 33.2 Å². The van der Waals surface area contributed by atoms with E-state index in [1.807, 2.05) is 18.2 Å². The Hall–Kier alpha value is -2.30. The molecule has 2 heterocycles. The van der Waals surface area contributed by atoms with E-state index in [4.69, 9.17) is 0 Å². The molecule has 5 nitrogen and oxygen atoms in total. The van der Waals surface area contributed by atoms with E-state index in [1.54, 1.807) is 12.4 Å². The zero-order chi connectivity index (χ0) is 14.7. The number of hydrogen-bond donors (Lipinski definition) is 2. The Balaban J connectivity index is 1.78. The minimum Gasteiger partial charge on any atom is -0.370 e. The highest BCUT2D eigenvalue weighted by Gasteiger charge is 2.19. The van der Waals surface area contributed by atoms with Gasteiger partial charge in [-0.05, 0) is 30.9 Å². The molecule has 2 N–H and O–H groups in total. The number of para-hydroxylation sites is 2. The zero-order valence-corrected chi connectivity index (χ0v) is 12.2. The standard InChI is InChI=1S/C16H20N4O/c1-12-6-10-20(11-7-12)14-5-3-2-4-13(14)19-16(21)15-17-8-9-18-15/h2-5,8-9,12H,6-7,10-11H2,1H3,(H,17,18)(H,19,21). The number of hydrogen-bond acceptors (Lipinski definition) is 3. The number of aromatic nitrogens is 2. The zero-order valence-electron chi connectivity index (χ0n) is 12.2. The lowest BCUT2D eigenvalue weighted by Gasteiger charge is -2.33. The summed E-state index contributed by atoms with van der Waals surface area (Å²) >= 11 is 0. The number of aromatic amines is 1. The van der Waals surface area contributed by atoms with Gasteiger partial charge in [-0.25, -0.2) is 4.98 Å². The van der Waals surface area contributed by atoms with Crippen LogP contribution < -0.4 is 10.2 Å². The van der Waals surface area contributed by atoms with Gasteiger partial charge in [0.2, 0.25) is 0 Å². The van der Waals surface area contributed by atoms with Crippen LogP contribution in [-0.2, 0) is 0 Å². The van der Waals surface area contributed by atoms with Crippen LogP contribution in [0.3, 0.4) is 0 Å². The summed E-state index contributed by atoms with van der Waals surface area (Å²) in [4.78, 5) is 21.3. The predicted octanol–water partition coefficient (Wildman–Crippen LogP) is 2.90.